The Balaban J connectivity index is 1.41. The van der Waals surface area contributed by atoms with Crippen LogP contribution in [0.4, 0.5) is 11.4 Å². The molecule has 43 heavy (non-hydrogen) atoms. The molecule has 0 bridgehead atoms. The molecule has 1 aromatic heterocycles. The standard InChI is InChI=1S/C35H42N6O2/c1-6-31(42)41-19-18-40(23-35(41,3)4)33-27-15-17-39(30-14-8-12-25-11-7-10-24(2)32(25)30)21-29(27)37-34(28(33)20-36)43-22-26-13-9-16-38(26)5/h6-8,10-12,14,26H,1,9,13,15-19,21-23H2,2-5H3. The molecule has 0 N–H and O–H groups in total. The first-order valence-electron chi connectivity index (χ1n) is 15.4. The molecule has 6 rings (SSSR count). The van der Waals surface area contributed by atoms with E-state index in [-0.39, 0.29) is 5.91 Å². The van der Waals surface area contributed by atoms with E-state index in [2.05, 4.69) is 91.6 Å². The topological polar surface area (TPSA) is 75.9 Å². The van der Waals surface area contributed by atoms with Crippen LogP contribution in [0, 0.1) is 18.3 Å². The van der Waals surface area contributed by atoms with Gasteiger partial charge in [0.25, 0.3) is 0 Å². The number of aromatic nitrogens is 1. The fraction of sp³-hybridized carbons (Fsp3) is 0.457. The second-order valence-corrected chi connectivity index (χ2v) is 12.8. The number of likely N-dealkylation sites (tertiary alicyclic amines) is 1. The predicted octanol–water partition coefficient (Wildman–Crippen LogP) is 5.06. The van der Waals surface area contributed by atoms with E-state index in [0.717, 1.165) is 49.3 Å². The van der Waals surface area contributed by atoms with Gasteiger partial charge in [-0.1, -0.05) is 36.9 Å². The van der Waals surface area contributed by atoms with Crippen molar-refractivity contribution in [2.24, 2.45) is 0 Å². The molecular formula is C35H42N6O2. The van der Waals surface area contributed by atoms with Crippen molar-refractivity contribution >= 4 is 28.1 Å². The highest BCUT2D eigenvalue weighted by molar-refractivity contribution is 5.97. The molecule has 8 heteroatoms. The zero-order chi connectivity index (χ0) is 30.3. The van der Waals surface area contributed by atoms with Gasteiger partial charge in [-0.2, -0.15) is 5.26 Å². The third-order valence-electron chi connectivity index (χ3n) is 9.58. The molecule has 0 radical (unpaired) electrons. The van der Waals surface area contributed by atoms with Crippen LogP contribution in [0.15, 0.2) is 49.1 Å². The third kappa shape index (κ3) is 5.31. The van der Waals surface area contributed by atoms with Crippen molar-refractivity contribution in [3.05, 3.63) is 71.4 Å². The number of nitrogens with zero attached hydrogens (tertiary/aromatic N) is 6. The van der Waals surface area contributed by atoms with E-state index in [4.69, 9.17) is 9.72 Å². The number of amides is 1. The van der Waals surface area contributed by atoms with Crippen LogP contribution >= 0.6 is 0 Å². The van der Waals surface area contributed by atoms with Crippen molar-refractivity contribution in [3.63, 3.8) is 0 Å². The number of hydrogen-bond acceptors (Lipinski definition) is 7. The monoisotopic (exact) mass is 578 g/mol. The van der Waals surface area contributed by atoms with Gasteiger partial charge in [-0.25, -0.2) is 4.98 Å². The SMILES string of the molecule is C=CC(=O)N1CCN(c2c(C#N)c(OCC3CCCN3C)nc3c2CCN(c2cccc4cccc(C)c24)C3)CC1(C)C. The van der Waals surface area contributed by atoms with Gasteiger partial charge in [0.2, 0.25) is 11.8 Å². The molecule has 1 unspecified atom stereocenters. The van der Waals surface area contributed by atoms with Gasteiger partial charge in [-0.15, -0.1) is 0 Å². The van der Waals surface area contributed by atoms with Crippen molar-refractivity contribution in [3.8, 4) is 11.9 Å². The fourth-order valence-electron chi connectivity index (χ4n) is 7.29. The van der Waals surface area contributed by atoms with Gasteiger partial charge >= 0.3 is 0 Å². The largest absolute Gasteiger partial charge is 0.475 e. The number of benzene rings is 2. The molecule has 1 amide bonds. The van der Waals surface area contributed by atoms with Gasteiger partial charge < -0.3 is 24.3 Å². The third-order valence-corrected chi connectivity index (χ3v) is 9.58. The highest BCUT2D eigenvalue weighted by Gasteiger charge is 2.39. The van der Waals surface area contributed by atoms with Crippen molar-refractivity contribution in [2.45, 2.75) is 58.2 Å². The van der Waals surface area contributed by atoms with E-state index < -0.39 is 5.54 Å². The number of anilines is 2. The highest BCUT2D eigenvalue weighted by atomic mass is 16.5. The van der Waals surface area contributed by atoms with E-state index in [1.807, 2.05) is 4.90 Å². The second kappa shape index (κ2) is 11.5. The number of nitriles is 1. The van der Waals surface area contributed by atoms with Gasteiger partial charge in [0.15, 0.2) is 0 Å². The van der Waals surface area contributed by atoms with E-state index in [9.17, 15) is 10.1 Å². The lowest BCUT2D eigenvalue weighted by molar-refractivity contribution is -0.131. The van der Waals surface area contributed by atoms with Crippen LogP contribution in [0.25, 0.3) is 10.8 Å². The number of hydrogen-bond donors (Lipinski definition) is 0. The molecule has 3 aliphatic heterocycles. The number of rotatable bonds is 6. The smallest absolute Gasteiger partial charge is 0.246 e. The summed E-state index contributed by atoms with van der Waals surface area (Å²) >= 11 is 0. The van der Waals surface area contributed by atoms with Crippen LogP contribution in [0.5, 0.6) is 5.88 Å². The number of likely N-dealkylation sites (N-methyl/N-ethyl adjacent to an activating group) is 1. The molecule has 0 aliphatic carbocycles. The Labute approximate surface area is 255 Å². The maximum absolute atomic E-state index is 12.7. The van der Waals surface area contributed by atoms with Crippen LogP contribution in [0.3, 0.4) is 0 Å². The fourth-order valence-corrected chi connectivity index (χ4v) is 7.29. The van der Waals surface area contributed by atoms with Crippen molar-refractivity contribution in [2.75, 3.05) is 56.2 Å². The number of piperazine rings is 1. The lowest BCUT2D eigenvalue weighted by Crippen LogP contribution is -2.61. The Morgan fingerprint density at radius 1 is 1.16 bits per heavy atom. The van der Waals surface area contributed by atoms with Crippen LogP contribution < -0.4 is 14.5 Å². The van der Waals surface area contributed by atoms with Crippen LogP contribution in [0.2, 0.25) is 0 Å². The van der Waals surface area contributed by atoms with Crippen molar-refractivity contribution in [1.82, 2.24) is 14.8 Å². The summed E-state index contributed by atoms with van der Waals surface area (Å²) in [6, 6.07) is 15.8. The lowest BCUT2D eigenvalue weighted by atomic mass is 9.93. The average Bonchev–Trinajstić information content (AvgIpc) is 3.42. The van der Waals surface area contributed by atoms with Gasteiger partial charge in [-0.3, -0.25) is 4.79 Å². The first-order chi connectivity index (χ1) is 20.7. The molecule has 3 aromatic rings. The maximum atomic E-state index is 12.7. The zero-order valence-electron chi connectivity index (χ0n) is 25.9. The summed E-state index contributed by atoms with van der Waals surface area (Å²) in [5, 5.41) is 13.1. The first-order valence-corrected chi connectivity index (χ1v) is 15.4. The molecule has 1 atom stereocenters. The minimum atomic E-state index is -0.429. The molecule has 2 fully saturated rings. The Bertz CT molecular complexity index is 1600. The lowest BCUT2D eigenvalue weighted by Gasteiger charge is -2.48. The van der Waals surface area contributed by atoms with Gasteiger partial charge in [0.05, 0.1) is 23.5 Å². The first kappa shape index (κ1) is 29.0. The summed E-state index contributed by atoms with van der Waals surface area (Å²) in [6.07, 6.45) is 4.40. The number of pyridine rings is 1. The van der Waals surface area contributed by atoms with Gasteiger partial charge in [0, 0.05) is 48.9 Å². The molecule has 0 spiro atoms. The predicted molar refractivity (Wildman–Crippen MR) is 172 cm³/mol. The summed E-state index contributed by atoms with van der Waals surface area (Å²) in [7, 11) is 2.13. The number of carbonyl (C=O) groups excluding carboxylic acids is 1. The quantitative estimate of drug-likeness (QED) is 0.379. The zero-order valence-corrected chi connectivity index (χ0v) is 25.9. The number of fused-ring (bicyclic) bond motifs is 2. The molecule has 0 saturated carbocycles. The summed E-state index contributed by atoms with van der Waals surface area (Å²) in [5.74, 6) is 0.363. The number of carbonyl (C=O) groups is 1. The average molecular weight is 579 g/mol. The van der Waals surface area contributed by atoms with Crippen molar-refractivity contribution in [1.29, 1.82) is 5.26 Å². The summed E-state index contributed by atoms with van der Waals surface area (Å²) in [5.41, 5.74) is 5.55. The number of aryl methyl sites for hydroxylation is 1. The van der Waals surface area contributed by atoms with Crippen LogP contribution in [-0.2, 0) is 17.8 Å². The van der Waals surface area contributed by atoms with E-state index in [0.29, 0.717) is 50.3 Å². The molecule has 2 aromatic carbocycles. The molecule has 3 aliphatic rings. The molecule has 2 saturated heterocycles. The number of ether oxygens (including phenoxy) is 1. The van der Waals surface area contributed by atoms with Gasteiger partial charge in [-0.05, 0) is 76.7 Å². The van der Waals surface area contributed by atoms with Crippen LogP contribution in [-0.4, -0.2) is 78.7 Å². The molecule has 224 valence electrons. The Morgan fingerprint density at radius 2 is 1.95 bits per heavy atom. The normalized spacial score (nSPS) is 20.2. The van der Waals surface area contributed by atoms with E-state index >= 15 is 0 Å². The minimum Gasteiger partial charge on any atom is -0.475 e. The van der Waals surface area contributed by atoms with Gasteiger partial charge in [0.1, 0.15) is 18.2 Å². The Morgan fingerprint density at radius 3 is 2.65 bits per heavy atom. The summed E-state index contributed by atoms with van der Waals surface area (Å²) in [4.78, 5) is 26.7. The van der Waals surface area contributed by atoms with E-state index in [1.54, 1.807) is 0 Å². The Hall–Kier alpha value is -4.09. The maximum Gasteiger partial charge on any atom is 0.246 e. The minimum absolute atomic E-state index is 0.0624. The van der Waals surface area contributed by atoms with E-state index in [1.165, 1.54) is 28.1 Å². The molecule has 4 heterocycles. The summed E-state index contributed by atoms with van der Waals surface area (Å²) < 4.78 is 6.44. The highest BCUT2D eigenvalue weighted by Crippen LogP contribution is 2.40. The summed E-state index contributed by atoms with van der Waals surface area (Å²) in [6.45, 7) is 14.9. The Kier molecular flexibility index (Phi) is 7.78. The van der Waals surface area contributed by atoms with Crippen molar-refractivity contribution < 1.29 is 9.53 Å². The molecular weight excluding hydrogens is 536 g/mol. The second-order valence-electron chi connectivity index (χ2n) is 12.8. The molecule has 8 nitrogen and oxygen atoms in total. The van der Waals surface area contributed by atoms with Crippen LogP contribution in [0.1, 0.15) is 49.1 Å².